The Morgan fingerprint density at radius 3 is 2.64 bits per heavy atom. The SMILES string of the molecule is CO.O=Cc1cccnc1Br. The van der Waals surface area contributed by atoms with Gasteiger partial charge in [0.15, 0.2) is 6.29 Å². The van der Waals surface area contributed by atoms with Crippen molar-refractivity contribution in [1.82, 2.24) is 4.98 Å². The van der Waals surface area contributed by atoms with E-state index < -0.39 is 0 Å². The summed E-state index contributed by atoms with van der Waals surface area (Å²) in [6, 6.07) is 3.42. The number of aromatic nitrogens is 1. The number of aliphatic hydroxyl groups excluding tert-OH is 1. The van der Waals surface area contributed by atoms with Crippen molar-refractivity contribution in [2.75, 3.05) is 7.11 Å². The molecule has 1 aromatic rings. The summed E-state index contributed by atoms with van der Waals surface area (Å²) >= 11 is 3.11. The molecule has 0 aliphatic rings. The maximum Gasteiger partial charge on any atom is 0.152 e. The van der Waals surface area contributed by atoms with Crippen molar-refractivity contribution in [2.24, 2.45) is 0 Å². The molecule has 11 heavy (non-hydrogen) atoms. The smallest absolute Gasteiger partial charge is 0.152 e. The maximum atomic E-state index is 10.2. The van der Waals surface area contributed by atoms with E-state index in [4.69, 9.17) is 5.11 Å². The van der Waals surface area contributed by atoms with Gasteiger partial charge in [-0.15, -0.1) is 0 Å². The largest absolute Gasteiger partial charge is 0.400 e. The lowest BCUT2D eigenvalue weighted by Crippen LogP contribution is -1.82. The van der Waals surface area contributed by atoms with Crippen LogP contribution < -0.4 is 0 Å². The van der Waals surface area contributed by atoms with Crippen molar-refractivity contribution in [3.8, 4) is 0 Å². The number of pyridine rings is 1. The van der Waals surface area contributed by atoms with Crippen LogP contribution in [0.15, 0.2) is 22.9 Å². The minimum absolute atomic E-state index is 0.581. The lowest BCUT2D eigenvalue weighted by atomic mass is 10.3. The standard InChI is InChI=1S/C6H4BrNO.CH4O/c7-6-5(4-9)2-1-3-8-6;1-2/h1-4H;2H,1H3. The van der Waals surface area contributed by atoms with Gasteiger partial charge >= 0.3 is 0 Å². The average Bonchev–Trinajstić information content (AvgIpc) is 2.09. The zero-order chi connectivity index (χ0) is 8.69. The van der Waals surface area contributed by atoms with E-state index in [0.717, 1.165) is 13.4 Å². The Kier molecular flexibility index (Phi) is 5.60. The molecular weight excluding hydrogens is 210 g/mol. The second-order valence-electron chi connectivity index (χ2n) is 1.50. The first kappa shape index (κ1) is 10.3. The van der Waals surface area contributed by atoms with E-state index in [2.05, 4.69) is 20.9 Å². The quantitative estimate of drug-likeness (QED) is 0.570. The molecule has 1 rings (SSSR count). The first-order valence-electron chi connectivity index (χ1n) is 2.85. The van der Waals surface area contributed by atoms with E-state index >= 15 is 0 Å². The Morgan fingerprint density at radius 1 is 1.64 bits per heavy atom. The van der Waals surface area contributed by atoms with Gasteiger partial charge in [-0.05, 0) is 28.1 Å². The molecule has 0 aromatic carbocycles. The number of aldehydes is 1. The summed E-state index contributed by atoms with van der Waals surface area (Å²) in [5.74, 6) is 0. The number of hydrogen-bond acceptors (Lipinski definition) is 3. The molecule has 0 amide bonds. The molecule has 1 aromatic heterocycles. The molecule has 1 heterocycles. The van der Waals surface area contributed by atoms with Gasteiger partial charge in [0, 0.05) is 18.9 Å². The van der Waals surface area contributed by atoms with Crippen LogP contribution in [0.1, 0.15) is 10.4 Å². The fourth-order valence-electron chi connectivity index (χ4n) is 0.486. The van der Waals surface area contributed by atoms with Crippen molar-refractivity contribution in [1.29, 1.82) is 0 Å². The van der Waals surface area contributed by atoms with Gasteiger partial charge in [-0.3, -0.25) is 4.79 Å². The molecule has 0 bridgehead atoms. The van der Waals surface area contributed by atoms with Crippen LogP contribution in [0.5, 0.6) is 0 Å². The summed E-state index contributed by atoms with van der Waals surface area (Å²) in [6.07, 6.45) is 2.38. The van der Waals surface area contributed by atoms with E-state index in [-0.39, 0.29) is 0 Å². The molecule has 0 saturated heterocycles. The second kappa shape index (κ2) is 6.00. The molecule has 0 aliphatic carbocycles. The average molecular weight is 218 g/mol. The summed E-state index contributed by atoms with van der Waals surface area (Å²) in [4.78, 5) is 14.0. The molecule has 0 aliphatic heterocycles. The fraction of sp³-hybridized carbons (Fsp3) is 0.143. The zero-order valence-electron chi connectivity index (χ0n) is 5.99. The lowest BCUT2D eigenvalue weighted by molar-refractivity contribution is 0.112. The first-order chi connectivity index (χ1) is 5.34. The summed E-state index contributed by atoms with van der Waals surface area (Å²) < 4.78 is 0.597. The molecular formula is C7H8BrNO2. The summed E-state index contributed by atoms with van der Waals surface area (Å²) in [6.45, 7) is 0. The predicted molar refractivity (Wildman–Crippen MR) is 45.5 cm³/mol. The molecule has 0 spiro atoms. The van der Waals surface area contributed by atoms with E-state index in [0.29, 0.717) is 10.2 Å². The van der Waals surface area contributed by atoms with Gasteiger partial charge in [0.25, 0.3) is 0 Å². The zero-order valence-corrected chi connectivity index (χ0v) is 7.58. The summed E-state index contributed by atoms with van der Waals surface area (Å²) in [5.41, 5.74) is 0.581. The van der Waals surface area contributed by atoms with Crippen LogP contribution in [-0.2, 0) is 0 Å². The Balaban J connectivity index is 0.000000461. The molecule has 3 nitrogen and oxygen atoms in total. The molecule has 0 radical (unpaired) electrons. The molecule has 1 N–H and O–H groups in total. The van der Waals surface area contributed by atoms with Crippen molar-refractivity contribution in [3.05, 3.63) is 28.5 Å². The Bertz CT molecular complexity index is 227. The van der Waals surface area contributed by atoms with Crippen LogP contribution in [0.3, 0.4) is 0 Å². The predicted octanol–water partition coefficient (Wildman–Crippen LogP) is 1.27. The molecule has 0 saturated carbocycles. The highest BCUT2D eigenvalue weighted by molar-refractivity contribution is 9.10. The van der Waals surface area contributed by atoms with Crippen molar-refractivity contribution < 1.29 is 9.90 Å². The highest BCUT2D eigenvalue weighted by Crippen LogP contribution is 2.08. The number of aliphatic hydroxyl groups is 1. The minimum Gasteiger partial charge on any atom is -0.400 e. The Labute approximate surface area is 73.2 Å². The van der Waals surface area contributed by atoms with Gasteiger partial charge in [0.2, 0.25) is 0 Å². The van der Waals surface area contributed by atoms with E-state index in [1.165, 1.54) is 0 Å². The second-order valence-corrected chi connectivity index (χ2v) is 2.25. The van der Waals surface area contributed by atoms with E-state index in [9.17, 15) is 4.79 Å². The van der Waals surface area contributed by atoms with Crippen LogP contribution >= 0.6 is 15.9 Å². The molecule has 0 fully saturated rings. The third kappa shape index (κ3) is 3.25. The van der Waals surface area contributed by atoms with E-state index in [1.807, 2.05) is 0 Å². The monoisotopic (exact) mass is 217 g/mol. The summed E-state index contributed by atoms with van der Waals surface area (Å²) in [7, 11) is 1.00. The Morgan fingerprint density at radius 2 is 2.27 bits per heavy atom. The molecule has 0 unspecified atom stereocenters. The van der Waals surface area contributed by atoms with Crippen LogP contribution in [0.25, 0.3) is 0 Å². The number of carbonyl (C=O) groups excluding carboxylic acids is 1. The van der Waals surface area contributed by atoms with Gasteiger partial charge in [0.05, 0.1) is 0 Å². The number of carbonyl (C=O) groups is 1. The van der Waals surface area contributed by atoms with Crippen molar-refractivity contribution >= 4 is 22.2 Å². The van der Waals surface area contributed by atoms with Crippen LogP contribution in [-0.4, -0.2) is 23.5 Å². The molecule has 60 valence electrons. The van der Waals surface area contributed by atoms with Gasteiger partial charge in [-0.1, -0.05) is 0 Å². The molecule has 0 atom stereocenters. The topological polar surface area (TPSA) is 50.2 Å². The van der Waals surface area contributed by atoms with Crippen LogP contribution in [0.4, 0.5) is 0 Å². The van der Waals surface area contributed by atoms with Gasteiger partial charge in [-0.2, -0.15) is 0 Å². The van der Waals surface area contributed by atoms with Gasteiger partial charge < -0.3 is 5.11 Å². The maximum absolute atomic E-state index is 10.2. The van der Waals surface area contributed by atoms with Gasteiger partial charge in [-0.25, -0.2) is 4.98 Å². The van der Waals surface area contributed by atoms with Crippen molar-refractivity contribution in [2.45, 2.75) is 0 Å². The first-order valence-corrected chi connectivity index (χ1v) is 3.64. The lowest BCUT2D eigenvalue weighted by Gasteiger charge is -1.89. The normalized spacial score (nSPS) is 7.91. The third-order valence-corrected chi connectivity index (χ3v) is 1.58. The van der Waals surface area contributed by atoms with Crippen LogP contribution in [0.2, 0.25) is 0 Å². The summed E-state index contributed by atoms with van der Waals surface area (Å²) in [5, 5.41) is 7.00. The number of hydrogen-bond donors (Lipinski definition) is 1. The third-order valence-electron chi connectivity index (χ3n) is 0.915. The number of rotatable bonds is 1. The number of halogens is 1. The number of nitrogens with zero attached hydrogens (tertiary/aromatic N) is 1. The van der Waals surface area contributed by atoms with Crippen LogP contribution in [0, 0.1) is 0 Å². The fourth-order valence-corrected chi connectivity index (χ4v) is 0.830. The van der Waals surface area contributed by atoms with Gasteiger partial charge in [0.1, 0.15) is 4.60 Å². The van der Waals surface area contributed by atoms with Crippen molar-refractivity contribution in [3.63, 3.8) is 0 Å². The highest BCUT2D eigenvalue weighted by Gasteiger charge is 1.93. The Hall–Kier alpha value is -0.740. The molecule has 4 heteroatoms. The highest BCUT2D eigenvalue weighted by atomic mass is 79.9. The minimum atomic E-state index is 0.581. The van der Waals surface area contributed by atoms with E-state index in [1.54, 1.807) is 18.3 Å².